The Kier molecular flexibility index (Phi) is 5.83. The summed E-state index contributed by atoms with van der Waals surface area (Å²) in [6.07, 6.45) is 5.07. The van der Waals surface area contributed by atoms with Crippen molar-refractivity contribution < 1.29 is 9.21 Å². The minimum atomic E-state index is -0.122. The van der Waals surface area contributed by atoms with E-state index in [1.807, 2.05) is 26.0 Å². The summed E-state index contributed by atoms with van der Waals surface area (Å²) in [6.45, 7) is 6.79. The topological polar surface area (TPSA) is 45.5 Å². The minimum Gasteiger partial charge on any atom is -0.451 e. The fourth-order valence-electron chi connectivity index (χ4n) is 4.12. The molecule has 1 aliphatic rings. The third-order valence-electron chi connectivity index (χ3n) is 5.71. The summed E-state index contributed by atoms with van der Waals surface area (Å²) in [5.41, 5.74) is 2.83. The summed E-state index contributed by atoms with van der Waals surface area (Å²) in [5, 5.41) is 6.28. The van der Waals surface area contributed by atoms with E-state index in [1.165, 1.54) is 30.6 Å². The van der Waals surface area contributed by atoms with Crippen molar-refractivity contribution in [3.8, 4) is 0 Å². The maximum Gasteiger partial charge on any atom is 0.287 e. The maximum absolute atomic E-state index is 12.9. The molecule has 0 unspecified atom stereocenters. The number of carbonyl (C=O) groups is 1. The number of hydrogen-bond acceptors (Lipinski definition) is 4. The maximum atomic E-state index is 12.9. The number of fused-ring (bicyclic) bond motifs is 1. The predicted octanol–water partition coefficient (Wildman–Crippen LogP) is 5.46. The van der Waals surface area contributed by atoms with E-state index in [-0.39, 0.29) is 11.9 Å². The van der Waals surface area contributed by atoms with Crippen LogP contribution in [-0.4, -0.2) is 30.4 Å². The van der Waals surface area contributed by atoms with Crippen molar-refractivity contribution in [3.63, 3.8) is 0 Å². The van der Waals surface area contributed by atoms with Crippen LogP contribution < -0.4 is 5.32 Å². The third kappa shape index (κ3) is 4.01. The Morgan fingerprint density at radius 2 is 1.96 bits per heavy atom. The third-order valence-corrected chi connectivity index (χ3v) is 6.68. The van der Waals surface area contributed by atoms with Gasteiger partial charge >= 0.3 is 0 Å². The molecule has 148 valence electrons. The van der Waals surface area contributed by atoms with Crippen LogP contribution in [0.5, 0.6) is 0 Å². The van der Waals surface area contributed by atoms with Gasteiger partial charge in [-0.25, -0.2) is 0 Å². The number of rotatable bonds is 5. The number of likely N-dealkylation sites (tertiary alicyclic amines) is 1. The van der Waals surface area contributed by atoms with Crippen molar-refractivity contribution in [2.75, 3.05) is 19.6 Å². The quantitative estimate of drug-likeness (QED) is 0.623. The molecule has 0 radical (unpaired) electrons. The number of hydrogen-bond donors (Lipinski definition) is 1. The van der Waals surface area contributed by atoms with Gasteiger partial charge in [0.15, 0.2) is 5.76 Å². The van der Waals surface area contributed by atoms with Gasteiger partial charge in [-0.05, 0) is 62.9 Å². The fraction of sp³-hybridized carbons (Fsp3) is 0.435. The summed E-state index contributed by atoms with van der Waals surface area (Å²) in [5.74, 6) is 0.309. The second-order valence-corrected chi connectivity index (χ2v) is 8.73. The highest BCUT2D eigenvalue weighted by Crippen LogP contribution is 2.29. The lowest BCUT2D eigenvalue weighted by molar-refractivity contribution is 0.0907. The molecule has 3 heterocycles. The van der Waals surface area contributed by atoms with Crippen LogP contribution in [0.3, 0.4) is 0 Å². The summed E-state index contributed by atoms with van der Waals surface area (Å²) < 4.78 is 5.91. The molecule has 0 aliphatic carbocycles. The normalized spacial score (nSPS) is 16.8. The molecule has 0 bridgehead atoms. The second kappa shape index (κ2) is 8.50. The molecule has 28 heavy (non-hydrogen) atoms. The molecule has 0 spiro atoms. The summed E-state index contributed by atoms with van der Waals surface area (Å²) >= 11 is 1.77. The van der Waals surface area contributed by atoms with Crippen molar-refractivity contribution in [1.82, 2.24) is 10.2 Å². The zero-order valence-corrected chi connectivity index (χ0v) is 17.5. The lowest BCUT2D eigenvalue weighted by Crippen LogP contribution is -2.38. The summed E-state index contributed by atoms with van der Waals surface area (Å²) in [6, 6.07) is 10.6. The first-order valence-corrected chi connectivity index (χ1v) is 11.1. The van der Waals surface area contributed by atoms with Gasteiger partial charge in [0.05, 0.1) is 6.04 Å². The van der Waals surface area contributed by atoms with E-state index in [2.05, 4.69) is 33.8 Å². The predicted molar refractivity (Wildman–Crippen MR) is 115 cm³/mol. The molecule has 1 aromatic carbocycles. The molecule has 1 saturated heterocycles. The molecule has 1 N–H and O–H groups in total. The van der Waals surface area contributed by atoms with Crippen LogP contribution in [0.2, 0.25) is 0 Å². The van der Waals surface area contributed by atoms with Gasteiger partial charge in [-0.3, -0.25) is 9.69 Å². The molecule has 1 fully saturated rings. The van der Waals surface area contributed by atoms with Gasteiger partial charge < -0.3 is 9.73 Å². The van der Waals surface area contributed by atoms with E-state index >= 15 is 0 Å². The first-order valence-electron chi connectivity index (χ1n) is 10.2. The molecule has 4 rings (SSSR count). The van der Waals surface area contributed by atoms with Crippen LogP contribution in [0.1, 0.15) is 58.3 Å². The highest BCUT2D eigenvalue weighted by molar-refractivity contribution is 7.10. The summed E-state index contributed by atoms with van der Waals surface area (Å²) in [4.78, 5) is 16.8. The average molecular weight is 397 g/mol. The number of furan rings is 1. The molecule has 2 aromatic heterocycles. The zero-order chi connectivity index (χ0) is 19.5. The van der Waals surface area contributed by atoms with Crippen LogP contribution in [-0.2, 0) is 0 Å². The van der Waals surface area contributed by atoms with Gasteiger partial charge in [0, 0.05) is 22.4 Å². The first kappa shape index (κ1) is 19.2. The monoisotopic (exact) mass is 396 g/mol. The van der Waals surface area contributed by atoms with Gasteiger partial charge in [0.2, 0.25) is 0 Å². The highest BCUT2D eigenvalue weighted by Gasteiger charge is 2.24. The molecular formula is C23H28N2O2S. The lowest BCUT2D eigenvalue weighted by atomic mass is 10.1. The van der Waals surface area contributed by atoms with Crippen molar-refractivity contribution in [2.45, 2.75) is 45.6 Å². The van der Waals surface area contributed by atoms with Gasteiger partial charge in [-0.1, -0.05) is 31.0 Å². The van der Waals surface area contributed by atoms with E-state index in [4.69, 9.17) is 4.42 Å². The first-order chi connectivity index (χ1) is 13.6. The molecule has 1 atom stereocenters. The average Bonchev–Trinajstić information content (AvgIpc) is 3.23. The van der Waals surface area contributed by atoms with Crippen LogP contribution in [0, 0.1) is 13.8 Å². The number of thiophene rings is 1. The number of aryl methyl sites for hydroxylation is 2. The van der Waals surface area contributed by atoms with Gasteiger partial charge in [-0.2, -0.15) is 0 Å². The number of nitrogens with zero attached hydrogens (tertiary/aromatic N) is 1. The van der Waals surface area contributed by atoms with Gasteiger partial charge in [0.1, 0.15) is 5.58 Å². The van der Waals surface area contributed by atoms with E-state index in [0.717, 1.165) is 35.2 Å². The Bertz CT molecular complexity index is 937. The largest absolute Gasteiger partial charge is 0.451 e. The highest BCUT2D eigenvalue weighted by atomic mass is 32.1. The number of amides is 1. The Labute approximate surface area is 170 Å². The number of carbonyl (C=O) groups excluding carboxylic acids is 1. The number of nitrogens with one attached hydrogen (secondary N) is 1. The SMILES string of the molecule is Cc1ccc2c(C)c(C(=O)NC[C@@H](c3cccs3)N3CCCCCC3)oc2c1. The van der Waals surface area contributed by atoms with Gasteiger partial charge in [-0.15, -0.1) is 11.3 Å². The van der Waals surface area contributed by atoms with E-state index in [0.29, 0.717) is 12.3 Å². The van der Waals surface area contributed by atoms with Gasteiger partial charge in [0.25, 0.3) is 5.91 Å². The Balaban J connectivity index is 1.52. The standard InChI is InChI=1S/C23H28N2O2S/c1-16-9-10-18-17(2)22(27-20(18)14-16)23(26)24-15-19(21-8-7-13-28-21)25-11-5-3-4-6-12-25/h7-10,13-14,19H,3-6,11-12,15H2,1-2H3,(H,24,26)/t19-/m0/s1. The molecule has 1 aliphatic heterocycles. The minimum absolute atomic E-state index is 0.122. The molecule has 3 aromatic rings. The molecule has 0 saturated carbocycles. The van der Waals surface area contributed by atoms with Crippen LogP contribution in [0.25, 0.3) is 11.0 Å². The fourth-order valence-corrected chi connectivity index (χ4v) is 4.98. The Morgan fingerprint density at radius 3 is 2.68 bits per heavy atom. The van der Waals surface area contributed by atoms with E-state index < -0.39 is 0 Å². The van der Waals surface area contributed by atoms with Crippen molar-refractivity contribution >= 4 is 28.2 Å². The molecular weight excluding hydrogens is 368 g/mol. The Morgan fingerprint density at radius 1 is 1.18 bits per heavy atom. The second-order valence-electron chi connectivity index (χ2n) is 7.75. The van der Waals surface area contributed by atoms with Crippen LogP contribution in [0.15, 0.2) is 40.1 Å². The lowest BCUT2D eigenvalue weighted by Gasteiger charge is -2.30. The molecule has 1 amide bonds. The zero-order valence-electron chi connectivity index (χ0n) is 16.7. The van der Waals surface area contributed by atoms with Crippen molar-refractivity contribution in [3.05, 3.63) is 57.5 Å². The van der Waals surface area contributed by atoms with Crippen molar-refractivity contribution in [1.29, 1.82) is 0 Å². The Hall–Kier alpha value is -2.11. The number of benzene rings is 1. The van der Waals surface area contributed by atoms with Crippen molar-refractivity contribution in [2.24, 2.45) is 0 Å². The van der Waals surface area contributed by atoms with Crippen LogP contribution in [0.4, 0.5) is 0 Å². The summed E-state index contributed by atoms with van der Waals surface area (Å²) in [7, 11) is 0. The van der Waals surface area contributed by atoms with Crippen LogP contribution >= 0.6 is 11.3 Å². The molecule has 5 heteroatoms. The van der Waals surface area contributed by atoms with E-state index in [1.54, 1.807) is 11.3 Å². The molecule has 4 nitrogen and oxygen atoms in total. The smallest absolute Gasteiger partial charge is 0.287 e. The van der Waals surface area contributed by atoms with E-state index in [9.17, 15) is 4.79 Å².